The van der Waals surface area contributed by atoms with Gasteiger partial charge in [0.15, 0.2) is 0 Å². The summed E-state index contributed by atoms with van der Waals surface area (Å²) < 4.78 is 5.34. The van der Waals surface area contributed by atoms with Gasteiger partial charge in [-0.05, 0) is 28.7 Å². The Morgan fingerprint density at radius 3 is 1.56 bits per heavy atom. The highest BCUT2D eigenvalue weighted by Crippen LogP contribution is 2.36. The van der Waals surface area contributed by atoms with Crippen LogP contribution >= 0.6 is 0 Å². The fourth-order valence-corrected chi connectivity index (χ4v) is 4.29. The maximum absolute atomic E-state index is 13.4. The zero-order valence-corrected chi connectivity index (χ0v) is 20.0. The first-order valence-electron chi connectivity index (χ1n) is 12.0. The summed E-state index contributed by atoms with van der Waals surface area (Å²) in [7, 11) is 0. The molecule has 0 saturated heterocycles. The normalized spacial score (nSPS) is 11.9. The van der Waals surface area contributed by atoms with Crippen LogP contribution in [0.25, 0.3) is 0 Å². The highest BCUT2D eigenvalue weighted by atomic mass is 16.5. The van der Waals surface area contributed by atoms with Gasteiger partial charge in [0.1, 0.15) is 18.2 Å². The number of nitrogens with two attached hydrogens (primary N) is 1. The van der Waals surface area contributed by atoms with E-state index in [-0.39, 0.29) is 25.4 Å². The third-order valence-electron chi connectivity index (χ3n) is 6.16. The van der Waals surface area contributed by atoms with E-state index in [4.69, 9.17) is 10.5 Å². The molecule has 182 valence electrons. The number of hydrogen-bond donors (Lipinski definition) is 2. The lowest BCUT2D eigenvalue weighted by molar-refractivity contribution is -0.146. The molecule has 0 aromatic heterocycles. The fourth-order valence-electron chi connectivity index (χ4n) is 4.29. The number of nitrogens with one attached hydrogen (secondary N) is 1. The Morgan fingerprint density at radius 2 is 1.11 bits per heavy atom. The monoisotopic (exact) mass is 478 g/mol. The molecule has 0 bridgehead atoms. The van der Waals surface area contributed by atoms with E-state index in [1.807, 2.05) is 121 Å². The third kappa shape index (κ3) is 5.88. The van der Waals surface area contributed by atoms with Crippen molar-refractivity contribution in [1.82, 2.24) is 5.32 Å². The number of rotatable bonds is 10. The molecule has 0 aliphatic carbocycles. The predicted octanol–water partition coefficient (Wildman–Crippen LogP) is 4.95. The van der Waals surface area contributed by atoms with Crippen LogP contribution in [0.15, 0.2) is 121 Å². The van der Waals surface area contributed by atoms with Gasteiger partial charge in [-0.2, -0.15) is 0 Å². The Morgan fingerprint density at radius 1 is 0.694 bits per heavy atom. The van der Waals surface area contributed by atoms with Crippen LogP contribution in [0.2, 0.25) is 0 Å². The van der Waals surface area contributed by atoms with Gasteiger partial charge >= 0.3 is 5.97 Å². The summed E-state index contributed by atoms with van der Waals surface area (Å²) in [4.78, 5) is 25.8. The van der Waals surface area contributed by atoms with Crippen molar-refractivity contribution < 1.29 is 14.3 Å². The van der Waals surface area contributed by atoms with Crippen LogP contribution < -0.4 is 11.1 Å². The molecule has 5 nitrogen and oxygen atoms in total. The zero-order chi connectivity index (χ0) is 25.2. The molecule has 0 aliphatic heterocycles. The van der Waals surface area contributed by atoms with Gasteiger partial charge in [-0.1, -0.05) is 121 Å². The van der Waals surface area contributed by atoms with E-state index in [0.717, 1.165) is 22.3 Å². The van der Waals surface area contributed by atoms with Crippen LogP contribution in [-0.4, -0.2) is 17.9 Å². The van der Waals surface area contributed by atoms with E-state index in [1.54, 1.807) is 0 Å². The van der Waals surface area contributed by atoms with Gasteiger partial charge in [0.25, 0.3) is 0 Å². The molecule has 1 amide bonds. The third-order valence-corrected chi connectivity index (χ3v) is 6.16. The number of carbonyl (C=O) groups excluding carboxylic acids is 2. The Balaban J connectivity index is 1.52. The maximum Gasteiger partial charge on any atom is 0.323 e. The van der Waals surface area contributed by atoms with Crippen LogP contribution in [0.1, 0.15) is 35.1 Å². The fraction of sp³-hybridized carbons (Fsp3) is 0.161. The molecule has 4 aromatic rings. The Labute approximate surface area is 211 Å². The van der Waals surface area contributed by atoms with E-state index < -0.39 is 17.6 Å². The number of ether oxygens (including phenoxy) is 1. The Kier molecular flexibility index (Phi) is 8.27. The topological polar surface area (TPSA) is 81.4 Å². The average molecular weight is 479 g/mol. The van der Waals surface area contributed by atoms with E-state index >= 15 is 0 Å². The summed E-state index contributed by atoms with van der Waals surface area (Å²) in [5, 5.41) is 3.28. The van der Waals surface area contributed by atoms with Gasteiger partial charge in [-0.15, -0.1) is 0 Å². The van der Waals surface area contributed by atoms with Crippen molar-refractivity contribution in [3.05, 3.63) is 144 Å². The van der Waals surface area contributed by atoms with Gasteiger partial charge in [-0.3, -0.25) is 9.59 Å². The van der Waals surface area contributed by atoms with E-state index in [1.165, 1.54) is 0 Å². The number of carbonyl (C=O) groups is 2. The summed E-state index contributed by atoms with van der Waals surface area (Å²) >= 11 is 0. The molecule has 0 fully saturated rings. The van der Waals surface area contributed by atoms with Crippen molar-refractivity contribution in [3.63, 3.8) is 0 Å². The molecule has 0 unspecified atom stereocenters. The smallest absolute Gasteiger partial charge is 0.323 e. The lowest BCUT2D eigenvalue weighted by atomic mass is 9.77. The standard InChI is InChI=1S/C31H30N2O3/c32-28(30(35)36-23-24-13-5-1-6-14-24)21-22-29(34)33-31(25-15-7-2-8-16-25,26-17-9-3-10-18-26)27-19-11-4-12-20-27/h1-20,28H,21-23,32H2,(H,33,34)/t28-/m0/s1. The van der Waals surface area contributed by atoms with Crippen molar-refractivity contribution in [2.24, 2.45) is 5.73 Å². The van der Waals surface area contributed by atoms with Crippen molar-refractivity contribution in [3.8, 4) is 0 Å². The van der Waals surface area contributed by atoms with Crippen LogP contribution in [0.5, 0.6) is 0 Å². The minimum absolute atomic E-state index is 0.0792. The zero-order valence-electron chi connectivity index (χ0n) is 20.0. The Hall–Kier alpha value is -4.22. The molecule has 36 heavy (non-hydrogen) atoms. The molecular weight excluding hydrogens is 448 g/mol. The minimum Gasteiger partial charge on any atom is -0.460 e. The molecule has 0 spiro atoms. The quantitative estimate of drug-likeness (QED) is 0.250. The number of hydrogen-bond acceptors (Lipinski definition) is 4. The molecule has 4 rings (SSSR count). The van der Waals surface area contributed by atoms with E-state index in [0.29, 0.717) is 0 Å². The highest BCUT2D eigenvalue weighted by Gasteiger charge is 2.37. The van der Waals surface area contributed by atoms with Gasteiger partial charge in [-0.25, -0.2) is 0 Å². The van der Waals surface area contributed by atoms with Gasteiger partial charge in [0, 0.05) is 6.42 Å². The molecular formula is C31H30N2O3. The second-order valence-electron chi connectivity index (χ2n) is 8.63. The number of esters is 1. The molecule has 5 heteroatoms. The van der Waals surface area contributed by atoms with Crippen molar-refractivity contribution in [1.29, 1.82) is 0 Å². The first-order chi connectivity index (χ1) is 17.6. The molecule has 3 N–H and O–H groups in total. The summed E-state index contributed by atoms with van der Waals surface area (Å²) in [5.41, 5.74) is 8.85. The summed E-state index contributed by atoms with van der Waals surface area (Å²) in [6.07, 6.45) is 0.254. The first-order valence-corrected chi connectivity index (χ1v) is 12.0. The lowest BCUT2D eigenvalue weighted by Gasteiger charge is -2.37. The molecule has 0 heterocycles. The van der Waals surface area contributed by atoms with Crippen molar-refractivity contribution in [2.75, 3.05) is 0 Å². The van der Waals surface area contributed by atoms with Crippen LogP contribution in [0, 0.1) is 0 Å². The van der Waals surface area contributed by atoms with E-state index in [9.17, 15) is 9.59 Å². The minimum atomic E-state index is -0.904. The SMILES string of the molecule is N[C@@H](CCC(=O)NC(c1ccccc1)(c1ccccc1)c1ccccc1)C(=O)OCc1ccccc1. The highest BCUT2D eigenvalue weighted by molar-refractivity contribution is 5.81. The Bertz CT molecular complexity index is 1150. The molecule has 4 aromatic carbocycles. The number of amides is 1. The second kappa shape index (κ2) is 12.0. The van der Waals surface area contributed by atoms with Gasteiger partial charge in [0.2, 0.25) is 5.91 Å². The average Bonchev–Trinajstić information content (AvgIpc) is 2.95. The summed E-state index contributed by atoms with van der Waals surface area (Å²) in [6.45, 7) is 0.151. The molecule has 0 aliphatic rings. The largest absolute Gasteiger partial charge is 0.460 e. The maximum atomic E-state index is 13.4. The van der Waals surface area contributed by atoms with Crippen molar-refractivity contribution >= 4 is 11.9 Å². The van der Waals surface area contributed by atoms with Crippen LogP contribution in [0.4, 0.5) is 0 Å². The van der Waals surface area contributed by atoms with Gasteiger partial charge < -0.3 is 15.8 Å². The van der Waals surface area contributed by atoms with Gasteiger partial charge in [0.05, 0.1) is 0 Å². The second-order valence-corrected chi connectivity index (χ2v) is 8.63. The molecule has 0 saturated carbocycles. The van der Waals surface area contributed by atoms with Crippen molar-refractivity contribution in [2.45, 2.75) is 31.0 Å². The predicted molar refractivity (Wildman–Crippen MR) is 141 cm³/mol. The molecule has 1 atom stereocenters. The van der Waals surface area contributed by atoms with Crippen LogP contribution in [0.3, 0.4) is 0 Å². The first kappa shape index (κ1) is 24.9. The lowest BCUT2D eigenvalue weighted by Crippen LogP contribution is -2.48. The summed E-state index contributed by atoms with van der Waals surface area (Å²) in [6, 6.07) is 38.2. The van der Waals surface area contributed by atoms with Crippen LogP contribution in [-0.2, 0) is 26.5 Å². The summed E-state index contributed by atoms with van der Waals surface area (Å²) in [5.74, 6) is -0.732. The molecule has 0 radical (unpaired) electrons. The van der Waals surface area contributed by atoms with E-state index in [2.05, 4.69) is 5.32 Å². The number of benzene rings is 4.